The topological polar surface area (TPSA) is 15.3 Å². The summed E-state index contributed by atoms with van der Waals surface area (Å²) in [7, 11) is 2.22. The summed E-state index contributed by atoms with van der Waals surface area (Å²) in [6, 6.07) is 0.696. The summed E-state index contributed by atoms with van der Waals surface area (Å²) in [5.74, 6) is 0. The second-order valence-corrected chi connectivity index (χ2v) is 4.02. The lowest BCUT2D eigenvalue weighted by molar-refractivity contribution is 0.187. The average Bonchev–Trinajstić information content (AvgIpc) is 2.44. The predicted molar refractivity (Wildman–Crippen MR) is 42.1 cm³/mol. The highest BCUT2D eigenvalue weighted by molar-refractivity contribution is 5.07. The van der Waals surface area contributed by atoms with Crippen LogP contribution in [0.5, 0.6) is 0 Å². The summed E-state index contributed by atoms with van der Waals surface area (Å²) in [4.78, 5) is 2.44. The molecule has 1 heterocycles. The monoisotopic (exact) mass is 140 g/mol. The largest absolute Gasteiger partial charge is 0.306 e. The minimum Gasteiger partial charge on any atom is -0.306 e. The Labute approximate surface area is 62.6 Å². The average molecular weight is 140 g/mol. The number of likely N-dealkylation sites (N-methyl/N-ethyl adjacent to an activating group) is 1. The van der Waals surface area contributed by atoms with Gasteiger partial charge in [-0.2, -0.15) is 0 Å². The first-order chi connectivity index (χ1) is 4.70. The van der Waals surface area contributed by atoms with Gasteiger partial charge in [0, 0.05) is 24.7 Å². The van der Waals surface area contributed by atoms with Crippen molar-refractivity contribution in [2.45, 2.75) is 31.3 Å². The van der Waals surface area contributed by atoms with Crippen LogP contribution in [0.25, 0.3) is 0 Å². The van der Waals surface area contributed by atoms with Crippen LogP contribution < -0.4 is 5.32 Å². The molecule has 2 fully saturated rings. The Morgan fingerprint density at radius 3 is 2.70 bits per heavy atom. The van der Waals surface area contributed by atoms with Crippen LogP contribution in [0.4, 0.5) is 0 Å². The van der Waals surface area contributed by atoms with E-state index < -0.39 is 0 Å². The van der Waals surface area contributed by atoms with Crippen molar-refractivity contribution in [3.8, 4) is 0 Å². The lowest BCUT2D eigenvalue weighted by Gasteiger charge is -2.35. The maximum absolute atomic E-state index is 3.66. The molecule has 2 nitrogen and oxygen atoms in total. The van der Waals surface area contributed by atoms with Crippen LogP contribution in [0.3, 0.4) is 0 Å². The minimum absolute atomic E-state index is 0.548. The fraction of sp³-hybridized carbons (Fsp3) is 1.00. The summed E-state index contributed by atoms with van der Waals surface area (Å²) in [6.45, 7) is 4.74. The van der Waals surface area contributed by atoms with E-state index in [-0.39, 0.29) is 0 Å². The zero-order valence-corrected chi connectivity index (χ0v) is 6.85. The summed E-state index contributed by atoms with van der Waals surface area (Å²) in [6.07, 6.45) is 2.78. The number of rotatable bonds is 0. The fourth-order valence-corrected chi connectivity index (χ4v) is 2.12. The zero-order chi connectivity index (χ0) is 7.19. The Kier molecular flexibility index (Phi) is 1.29. The molecule has 0 amide bonds. The Morgan fingerprint density at radius 2 is 2.20 bits per heavy atom. The van der Waals surface area contributed by atoms with Crippen LogP contribution in [-0.2, 0) is 0 Å². The molecule has 0 aromatic carbocycles. The molecule has 2 heteroatoms. The van der Waals surface area contributed by atoms with Gasteiger partial charge in [0.1, 0.15) is 0 Å². The van der Waals surface area contributed by atoms with Crippen molar-refractivity contribution in [2.24, 2.45) is 0 Å². The van der Waals surface area contributed by atoms with Gasteiger partial charge in [0.2, 0.25) is 0 Å². The molecule has 1 atom stereocenters. The standard InChI is InChI=1S/C8H16N2/c1-7-5-10(2)6-8(9-7)3-4-8/h7,9H,3-6H2,1-2H3/t7-/m1/s1. The van der Waals surface area contributed by atoms with E-state index in [0.717, 1.165) is 0 Å². The van der Waals surface area contributed by atoms with Crippen molar-refractivity contribution in [3.63, 3.8) is 0 Å². The lowest BCUT2D eigenvalue weighted by atomic mass is 10.1. The molecule has 1 aliphatic heterocycles. The molecule has 1 aliphatic carbocycles. The summed E-state index contributed by atoms with van der Waals surface area (Å²) in [5.41, 5.74) is 0.548. The van der Waals surface area contributed by atoms with Crippen LogP contribution in [-0.4, -0.2) is 36.6 Å². The van der Waals surface area contributed by atoms with Crippen molar-refractivity contribution in [3.05, 3.63) is 0 Å². The first-order valence-corrected chi connectivity index (χ1v) is 4.16. The highest BCUT2D eigenvalue weighted by atomic mass is 15.2. The summed E-state index contributed by atoms with van der Waals surface area (Å²) < 4.78 is 0. The molecule has 2 rings (SSSR count). The van der Waals surface area contributed by atoms with Gasteiger partial charge in [-0.25, -0.2) is 0 Å². The molecule has 1 N–H and O–H groups in total. The number of piperazine rings is 1. The second-order valence-electron chi connectivity index (χ2n) is 4.02. The van der Waals surface area contributed by atoms with Crippen LogP contribution in [0.1, 0.15) is 19.8 Å². The van der Waals surface area contributed by atoms with Crippen molar-refractivity contribution in [2.75, 3.05) is 20.1 Å². The van der Waals surface area contributed by atoms with E-state index in [2.05, 4.69) is 24.2 Å². The van der Waals surface area contributed by atoms with Gasteiger partial charge in [-0.05, 0) is 26.8 Å². The van der Waals surface area contributed by atoms with Crippen molar-refractivity contribution >= 4 is 0 Å². The normalized spacial score (nSPS) is 38.4. The Hall–Kier alpha value is -0.0800. The Bertz CT molecular complexity index is 128. The first-order valence-electron chi connectivity index (χ1n) is 4.16. The van der Waals surface area contributed by atoms with Crippen molar-refractivity contribution in [1.29, 1.82) is 0 Å². The maximum atomic E-state index is 3.66. The molecular weight excluding hydrogens is 124 g/mol. The molecule has 1 spiro atoms. The number of hydrogen-bond donors (Lipinski definition) is 1. The quantitative estimate of drug-likeness (QED) is 0.525. The van der Waals surface area contributed by atoms with Gasteiger partial charge in [-0.3, -0.25) is 0 Å². The SMILES string of the molecule is C[C@@H]1CN(C)CC2(CC2)N1. The zero-order valence-electron chi connectivity index (χ0n) is 6.85. The highest BCUT2D eigenvalue weighted by Gasteiger charge is 2.46. The molecule has 1 saturated carbocycles. The predicted octanol–water partition coefficient (Wildman–Crippen LogP) is 0.442. The third-order valence-electron chi connectivity index (χ3n) is 2.56. The molecule has 0 bridgehead atoms. The van der Waals surface area contributed by atoms with Gasteiger partial charge in [0.05, 0.1) is 0 Å². The van der Waals surface area contributed by atoms with E-state index >= 15 is 0 Å². The van der Waals surface area contributed by atoms with Gasteiger partial charge in [0.15, 0.2) is 0 Å². The van der Waals surface area contributed by atoms with Gasteiger partial charge in [-0.1, -0.05) is 0 Å². The van der Waals surface area contributed by atoms with Crippen LogP contribution in [0.2, 0.25) is 0 Å². The fourth-order valence-electron chi connectivity index (χ4n) is 2.12. The highest BCUT2D eigenvalue weighted by Crippen LogP contribution is 2.38. The maximum Gasteiger partial charge on any atom is 0.0312 e. The molecule has 0 aromatic heterocycles. The Balaban J connectivity index is 2.00. The van der Waals surface area contributed by atoms with Crippen LogP contribution in [0.15, 0.2) is 0 Å². The van der Waals surface area contributed by atoms with E-state index in [1.54, 1.807) is 0 Å². The summed E-state index contributed by atoms with van der Waals surface area (Å²) in [5, 5.41) is 3.66. The van der Waals surface area contributed by atoms with E-state index in [1.165, 1.54) is 25.9 Å². The van der Waals surface area contributed by atoms with Crippen molar-refractivity contribution < 1.29 is 0 Å². The smallest absolute Gasteiger partial charge is 0.0312 e. The molecule has 10 heavy (non-hydrogen) atoms. The number of hydrogen-bond acceptors (Lipinski definition) is 2. The molecule has 0 unspecified atom stereocenters. The second kappa shape index (κ2) is 1.95. The first kappa shape index (κ1) is 6.62. The van der Waals surface area contributed by atoms with Crippen LogP contribution in [0, 0.1) is 0 Å². The van der Waals surface area contributed by atoms with Gasteiger partial charge < -0.3 is 10.2 Å². The molecule has 0 radical (unpaired) electrons. The van der Waals surface area contributed by atoms with Gasteiger partial charge in [0.25, 0.3) is 0 Å². The van der Waals surface area contributed by atoms with E-state index in [0.29, 0.717) is 11.6 Å². The van der Waals surface area contributed by atoms with Crippen molar-refractivity contribution in [1.82, 2.24) is 10.2 Å². The minimum atomic E-state index is 0.548. The Morgan fingerprint density at radius 1 is 1.50 bits per heavy atom. The van der Waals surface area contributed by atoms with Crippen LogP contribution >= 0.6 is 0 Å². The molecule has 2 aliphatic rings. The van der Waals surface area contributed by atoms with E-state index in [9.17, 15) is 0 Å². The van der Waals surface area contributed by atoms with Gasteiger partial charge >= 0.3 is 0 Å². The molecule has 0 aromatic rings. The molecule has 1 saturated heterocycles. The molecule has 58 valence electrons. The van der Waals surface area contributed by atoms with Gasteiger partial charge in [-0.15, -0.1) is 0 Å². The van der Waals surface area contributed by atoms with E-state index in [4.69, 9.17) is 0 Å². The third kappa shape index (κ3) is 1.06. The number of nitrogens with zero attached hydrogens (tertiary/aromatic N) is 1. The number of nitrogens with one attached hydrogen (secondary N) is 1. The summed E-state index contributed by atoms with van der Waals surface area (Å²) >= 11 is 0. The molecular formula is C8H16N2. The lowest BCUT2D eigenvalue weighted by Crippen LogP contribution is -2.55. The van der Waals surface area contributed by atoms with E-state index in [1.807, 2.05) is 0 Å². The third-order valence-corrected chi connectivity index (χ3v) is 2.56.